The number of methoxy groups -OCH3 is 1. The van der Waals surface area contributed by atoms with Gasteiger partial charge in [0.25, 0.3) is 0 Å². The minimum absolute atomic E-state index is 0.166. The first-order chi connectivity index (χ1) is 14.2. The molecule has 1 atom stereocenters. The maximum Gasteiger partial charge on any atom is 0.471 e. The molecular weight excluding hydrogens is 397 g/mol. The molecule has 2 fully saturated rings. The van der Waals surface area contributed by atoms with Crippen molar-refractivity contribution in [2.24, 2.45) is 0 Å². The van der Waals surface area contributed by atoms with Crippen LogP contribution in [0.4, 0.5) is 18.9 Å². The number of aryl methyl sites for hydroxylation is 1. The van der Waals surface area contributed by atoms with Gasteiger partial charge in [0.2, 0.25) is 5.88 Å². The van der Waals surface area contributed by atoms with Gasteiger partial charge >= 0.3 is 12.1 Å². The van der Waals surface area contributed by atoms with Crippen molar-refractivity contribution in [2.45, 2.75) is 63.6 Å². The maximum absolute atomic E-state index is 12.7. The number of aromatic nitrogens is 1. The summed E-state index contributed by atoms with van der Waals surface area (Å²) >= 11 is 0. The highest BCUT2D eigenvalue weighted by atomic mass is 19.4. The van der Waals surface area contributed by atoms with Gasteiger partial charge in [-0.1, -0.05) is 6.92 Å². The van der Waals surface area contributed by atoms with Crippen molar-refractivity contribution in [3.8, 4) is 5.88 Å². The number of carbonyl (C=O) groups excluding carboxylic acids is 1. The van der Waals surface area contributed by atoms with E-state index in [-0.39, 0.29) is 19.1 Å². The zero-order chi connectivity index (χ0) is 21.9. The topological polar surface area (TPSA) is 71.7 Å². The molecule has 168 valence electrons. The Labute approximate surface area is 175 Å². The van der Waals surface area contributed by atoms with Crippen molar-refractivity contribution in [1.29, 1.82) is 0 Å². The Kier molecular flexibility index (Phi) is 7.10. The molecule has 1 unspecified atom stereocenters. The van der Waals surface area contributed by atoms with Gasteiger partial charge in [0.05, 0.1) is 18.5 Å². The number of anilines is 1. The van der Waals surface area contributed by atoms with Gasteiger partial charge in [0.1, 0.15) is 0 Å². The zero-order valence-electron chi connectivity index (χ0n) is 17.7. The second-order valence-electron chi connectivity index (χ2n) is 8.17. The van der Waals surface area contributed by atoms with E-state index in [0.717, 1.165) is 54.9 Å². The second-order valence-corrected chi connectivity index (χ2v) is 8.17. The molecule has 2 aliphatic rings. The third-order valence-corrected chi connectivity index (χ3v) is 6.36. The number of nitrogen functional groups attached to an aromatic ring is 1. The normalized spacial score (nSPS) is 22.0. The van der Waals surface area contributed by atoms with Crippen LogP contribution in [-0.4, -0.2) is 66.2 Å². The van der Waals surface area contributed by atoms with Crippen molar-refractivity contribution < 1.29 is 22.7 Å². The number of carbonyl (C=O) groups is 1. The number of pyridine rings is 1. The number of hydrogen-bond donors (Lipinski definition) is 1. The van der Waals surface area contributed by atoms with Crippen molar-refractivity contribution >= 4 is 11.6 Å². The molecule has 2 saturated heterocycles. The van der Waals surface area contributed by atoms with Crippen LogP contribution in [0.25, 0.3) is 0 Å². The highest BCUT2D eigenvalue weighted by Gasteiger charge is 2.43. The minimum atomic E-state index is -4.79. The molecular formula is C21H31F3N4O2. The summed E-state index contributed by atoms with van der Waals surface area (Å²) in [6, 6.07) is 2.17. The maximum atomic E-state index is 12.7. The van der Waals surface area contributed by atoms with Gasteiger partial charge in [-0.05, 0) is 63.2 Å². The number of nitrogens with two attached hydrogens (primary N) is 1. The van der Waals surface area contributed by atoms with Crippen molar-refractivity contribution in [2.75, 3.05) is 39.0 Å². The van der Waals surface area contributed by atoms with Gasteiger partial charge in [-0.3, -0.25) is 4.79 Å². The number of nitrogens with zero attached hydrogens (tertiary/aromatic N) is 3. The van der Waals surface area contributed by atoms with Crippen molar-refractivity contribution in [1.82, 2.24) is 14.8 Å². The summed E-state index contributed by atoms with van der Waals surface area (Å²) < 4.78 is 43.5. The van der Waals surface area contributed by atoms with E-state index in [1.165, 1.54) is 0 Å². The molecule has 1 aromatic rings. The Hall–Kier alpha value is -2.03. The SMILES string of the molecule is CCc1cc(N)c(OC)nc1C1CCN(C2CCCN(C(=O)C(F)(F)F)CC2)CC1. The first-order valence-corrected chi connectivity index (χ1v) is 10.7. The fourth-order valence-corrected chi connectivity index (χ4v) is 4.73. The van der Waals surface area contributed by atoms with Gasteiger partial charge in [0.15, 0.2) is 0 Å². The van der Waals surface area contributed by atoms with Gasteiger partial charge in [-0.2, -0.15) is 13.2 Å². The Bertz CT molecular complexity index is 749. The lowest BCUT2D eigenvalue weighted by Crippen LogP contribution is -2.43. The zero-order valence-corrected chi connectivity index (χ0v) is 17.7. The second kappa shape index (κ2) is 9.41. The van der Waals surface area contributed by atoms with E-state index < -0.39 is 12.1 Å². The van der Waals surface area contributed by atoms with E-state index in [1.807, 2.05) is 6.07 Å². The summed E-state index contributed by atoms with van der Waals surface area (Å²) in [4.78, 5) is 19.6. The van der Waals surface area contributed by atoms with Gasteiger partial charge < -0.3 is 20.3 Å². The lowest BCUT2D eigenvalue weighted by atomic mass is 9.88. The largest absolute Gasteiger partial charge is 0.480 e. The molecule has 2 N–H and O–H groups in total. The molecule has 1 amide bonds. The van der Waals surface area contributed by atoms with E-state index in [0.29, 0.717) is 30.3 Å². The molecule has 1 aromatic heterocycles. The molecule has 0 saturated carbocycles. The summed E-state index contributed by atoms with van der Waals surface area (Å²) in [5.74, 6) is -0.931. The third-order valence-electron chi connectivity index (χ3n) is 6.36. The first kappa shape index (κ1) is 22.7. The number of amides is 1. The quantitative estimate of drug-likeness (QED) is 0.796. The average molecular weight is 428 g/mol. The average Bonchev–Trinajstić information content (AvgIpc) is 2.98. The fraction of sp³-hybridized carbons (Fsp3) is 0.714. The Morgan fingerprint density at radius 2 is 1.90 bits per heavy atom. The molecule has 2 aliphatic heterocycles. The summed E-state index contributed by atoms with van der Waals surface area (Å²) in [5.41, 5.74) is 8.74. The number of ether oxygens (including phenoxy) is 1. The summed E-state index contributed by atoms with van der Waals surface area (Å²) in [6.07, 6.45) is -0.0571. The smallest absolute Gasteiger partial charge is 0.471 e. The van der Waals surface area contributed by atoms with Gasteiger partial charge in [-0.15, -0.1) is 0 Å². The van der Waals surface area contributed by atoms with Crippen LogP contribution in [0.5, 0.6) is 5.88 Å². The van der Waals surface area contributed by atoms with Crippen LogP contribution in [-0.2, 0) is 11.2 Å². The predicted octanol–water partition coefficient (Wildman–Crippen LogP) is 3.36. The minimum Gasteiger partial charge on any atom is -0.480 e. The Balaban J connectivity index is 1.60. The van der Waals surface area contributed by atoms with Crippen LogP contribution in [0.15, 0.2) is 6.07 Å². The lowest BCUT2D eigenvalue weighted by molar-refractivity contribution is -0.185. The standard InChI is InChI=1S/C21H31F3N4O2/c1-3-14-13-17(25)19(30-2)26-18(14)15-6-10-27(11-7-15)16-5-4-9-28(12-8-16)20(29)21(22,23)24/h13,15-16H,3-12,25H2,1-2H3. The predicted molar refractivity (Wildman–Crippen MR) is 108 cm³/mol. The Morgan fingerprint density at radius 1 is 1.20 bits per heavy atom. The van der Waals surface area contributed by atoms with Gasteiger partial charge in [0, 0.05) is 25.0 Å². The first-order valence-electron chi connectivity index (χ1n) is 10.7. The van der Waals surface area contributed by atoms with E-state index >= 15 is 0 Å². The molecule has 30 heavy (non-hydrogen) atoms. The van der Waals surface area contributed by atoms with E-state index in [2.05, 4.69) is 16.8 Å². The number of likely N-dealkylation sites (tertiary alicyclic amines) is 2. The van der Waals surface area contributed by atoms with Crippen LogP contribution < -0.4 is 10.5 Å². The molecule has 0 spiro atoms. The summed E-state index contributed by atoms with van der Waals surface area (Å²) in [6.45, 7) is 4.18. The highest BCUT2D eigenvalue weighted by molar-refractivity contribution is 5.81. The highest BCUT2D eigenvalue weighted by Crippen LogP contribution is 2.34. The van der Waals surface area contributed by atoms with Crippen LogP contribution in [0.2, 0.25) is 0 Å². The van der Waals surface area contributed by atoms with Crippen LogP contribution in [0, 0.1) is 0 Å². The number of rotatable bonds is 4. The third kappa shape index (κ3) is 4.99. The number of alkyl halides is 3. The summed E-state index contributed by atoms with van der Waals surface area (Å²) in [5, 5.41) is 0. The summed E-state index contributed by atoms with van der Waals surface area (Å²) in [7, 11) is 1.57. The molecule has 3 heterocycles. The Morgan fingerprint density at radius 3 is 2.50 bits per heavy atom. The van der Waals surface area contributed by atoms with Crippen LogP contribution in [0.3, 0.4) is 0 Å². The van der Waals surface area contributed by atoms with E-state index in [1.54, 1.807) is 7.11 Å². The van der Waals surface area contributed by atoms with E-state index in [4.69, 9.17) is 10.5 Å². The van der Waals surface area contributed by atoms with Crippen molar-refractivity contribution in [3.05, 3.63) is 17.3 Å². The molecule has 0 radical (unpaired) electrons. The monoisotopic (exact) mass is 428 g/mol. The molecule has 0 aromatic carbocycles. The number of hydrogen-bond acceptors (Lipinski definition) is 5. The lowest BCUT2D eigenvalue weighted by Gasteiger charge is -2.37. The van der Waals surface area contributed by atoms with Crippen LogP contribution >= 0.6 is 0 Å². The molecule has 0 aliphatic carbocycles. The van der Waals surface area contributed by atoms with Gasteiger partial charge in [-0.25, -0.2) is 4.98 Å². The number of halogens is 3. The number of piperidine rings is 1. The van der Waals surface area contributed by atoms with E-state index in [9.17, 15) is 18.0 Å². The molecule has 0 bridgehead atoms. The van der Waals surface area contributed by atoms with Crippen LogP contribution in [0.1, 0.15) is 56.2 Å². The van der Waals surface area contributed by atoms with Crippen molar-refractivity contribution in [3.63, 3.8) is 0 Å². The molecule has 9 heteroatoms. The molecule has 3 rings (SSSR count). The molecule has 6 nitrogen and oxygen atoms in total. The fourth-order valence-electron chi connectivity index (χ4n) is 4.73.